The molecular weight excluding hydrogens is 348 g/mol. The highest BCUT2D eigenvalue weighted by atomic mass is 35.5. The molecular formula is C17H21ClN2O5. The minimum Gasteiger partial charge on any atom is -0.481 e. The zero-order valence-electron chi connectivity index (χ0n) is 13.7. The smallest absolute Gasteiger partial charge is 0.306 e. The van der Waals surface area contributed by atoms with Gasteiger partial charge in [-0.25, -0.2) is 0 Å². The molecule has 136 valence electrons. The molecule has 2 N–H and O–H groups in total. The van der Waals surface area contributed by atoms with Gasteiger partial charge in [-0.05, 0) is 30.7 Å². The summed E-state index contributed by atoms with van der Waals surface area (Å²) in [5.74, 6) is -1.21. The number of carboxylic acids is 1. The first-order valence-electron chi connectivity index (χ1n) is 8.10. The van der Waals surface area contributed by atoms with Crippen LogP contribution in [0.2, 0.25) is 5.02 Å². The van der Waals surface area contributed by atoms with Gasteiger partial charge >= 0.3 is 5.97 Å². The molecule has 1 atom stereocenters. The maximum atomic E-state index is 12.2. The second-order valence-electron chi connectivity index (χ2n) is 5.80. The Kier molecular flexibility index (Phi) is 7.21. The Hall–Kier alpha value is -2.12. The van der Waals surface area contributed by atoms with E-state index in [4.69, 9.17) is 21.4 Å². The van der Waals surface area contributed by atoms with Crippen molar-refractivity contribution in [1.82, 2.24) is 10.2 Å². The third kappa shape index (κ3) is 6.36. The zero-order chi connectivity index (χ0) is 18.2. The summed E-state index contributed by atoms with van der Waals surface area (Å²) in [4.78, 5) is 36.5. The number of hydrogen-bond donors (Lipinski definition) is 2. The number of nitrogens with zero attached hydrogens (tertiary/aromatic N) is 1. The second-order valence-corrected chi connectivity index (χ2v) is 6.23. The first-order valence-corrected chi connectivity index (χ1v) is 8.48. The van der Waals surface area contributed by atoms with Gasteiger partial charge in [0, 0.05) is 36.6 Å². The minimum atomic E-state index is -0.941. The van der Waals surface area contributed by atoms with Crippen molar-refractivity contribution in [3.63, 3.8) is 0 Å². The number of carbonyl (C=O) groups is 3. The SMILES string of the molecule is O=C(O)CC1CN(C(=O)CCCNC(=O)c2ccc(Cl)cc2)CCO1. The van der Waals surface area contributed by atoms with Gasteiger partial charge < -0.3 is 20.1 Å². The molecule has 0 saturated carbocycles. The van der Waals surface area contributed by atoms with Gasteiger partial charge in [0.05, 0.1) is 19.1 Å². The van der Waals surface area contributed by atoms with Crippen molar-refractivity contribution in [3.05, 3.63) is 34.9 Å². The molecule has 2 rings (SSSR count). The second kappa shape index (κ2) is 9.39. The van der Waals surface area contributed by atoms with Crippen LogP contribution in [0.15, 0.2) is 24.3 Å². The average molecular weight is 369 g/mol. The molecule has 25 heavy (non-hydrogen) atoms. The van der Waals surface area contributed by atoms with Gasteiger partial charge in [-0.3, -0.25) is 14.4 Å². The van der Waals surface area contributed by atoms with E-state index in [1.165, 1.54) is 0 Å². The van der Waals surface area contributed by atoms with E-state index in [1.54, 1.807) is 29.2 Å². The molecule has 0 radical (unpaired) electrons. The fourth-order valence-corrected chi connectivity index (χ4v) is 2.69. The summed E-state index contributed by atoms with van der Waals surface area (Å²) in [5.41, 5.74) is 0.514. The predicted octanol–water partition coefficient (Wildman–Crippen LogP) is 1.55. The Labute approximate surface area is 150 Å². The van der Waals surface area contributed by atoms with Crippen molar-refractivity contribution < 1.29 is 24.2 Å². The molecule has 1 saturated heterocycles. The highest BCUT2D eigenvalue weighted by molar-refractivity contribution is 6.30. The van der Waals surface area contributed by atoms with Gasteiger partial charge in [-0.1, -0.05) is 11.6 Å². The molecule has 1 heterocycles. The molecule has 1 fully saturated rings. The van der Waals surface area contributed by atoms with Gasteiger partial charge in [0.2, 0.25) is 5.91 Å². The maximum Gasteiger partial charge on any atom is 0.306 e. The van der Waals surface area contributed by atoms with Gasteiger partial charge in [0.1, 0.15) is 0 Å². The average Bonchev–Trinajstić information content (AvgIpc) is 2.58. The third-order valence-corrected chi connectivity index (χ3v) is 4.11. The standard InChI is InChI=1S/C17H21ClN2O5/c18-13-5-3-12(4-6-13)17(24)19-7-1-2-15(21)20-8-9-25-14(11-20)10-16(22)23/h3-6,14H,1-2,7-11H2,(H,19,24)(H,22,23). The van der Waals surface area contributed by atoms with Crippen LogP contribution in [0, 0.1) is 0 Å². The number of nitrogens with one attached hydrogen (secondary N) is 1. The van der Waals surface area contributed by atoms with Crippen molar-refractivity contribution in [2.45, 2.75) is 25.4 Å². The van der Waals surface area contributed by atoms with Crippen LogP contribution in [0.4, 0.5) is 0 Å². The molecule has 8 heteroatoms. The molecule has 1 aromatic rings. The van der Waals surface area contributed by atoms with Crippen LogP contribution >= 0.6 is 11.6 Å². The van der Waals surface area contributed by atoms with Crippen LogP contribution in [0.1, 0.15) is 29.6 Å². The van der Waals surface area contributed by atoms with Crippen molar-refractivity contribution in [1.29, 1.82) is 0 Å². The van der Waals surface area contributed by atoms with Gasteiger partial charge in [-0.2, -0.15) is 0 Å². The summed E-state index contributed by atoms with van der Waals surface area (Å²) in [6, 6.07) is 6.57. The van der Waals surface area contributed by atoms with Gasteiger partial charge in [-0.15, -0.1) is 0 Å². The monoisotopic (exact) mass is 368 g/mol. The Bertz CT molecular complexity index is 620. The fourth-order valence-electron chi connectivity index (χ4n) is 2.57. The number of amides is 2. The molecule has 0 aliphatic carbocycles. The number of benzene rings is 1. The van der Waals surface area contributed by atoms with E-state index in [-0.39, 0.29) is 18.2 Å². The third-order valence-electron chi connectivity index (χ3n) is 3.85. The van der Waals surface area contributed by atoms with Crippen molar-refractivity contribution in [3.8, 4) is 0 Å². The number of ether oxygens (including phenoxy) is 1. The lowest BCUT2D eigenvalue weighted by Crippen LogP contribution is -2.46. The number of hydrogen-bond acceptors (Lipinski definition) is 4. The quantitative estimate of drug-likeness (QED) is 0.712. The number of rotatable bonds is 7. The van der Waals surface area contributed by atoms with Crippen LogP contribution in [0.3, 0.4) is 0 Å². The lowest BCUT2D eigenvalue weighted by Gasteiger charge is -2.32. The van der Waals surface area contributed by atoms with E-state index in [1.807, 2.05) is 0 Å². The summed E-state index contributed by atoms with van der Waals surface area (Å²) in [6.07, 6.45) is 0.237. The normalized spacial score (nSPS) is 17.2. The zero-order valence-corrected chi connectivity index (χ0v) is 14.5. The van der Waals surface area contributed by atoms with Crippen LogP contribution < -0.4 is 5.32 Å². The highest BCUT2D eigenvalue weighted by Crippen LogP contribution is 2.11. The first kappa shape index (κ1) is 19.2. The van der Waals surface area contributed by atoms with E-state index in [0.29, 0.717) is 49.7 Å². The van der Waals surface area contributed by atoms with Gasteiger partial charge in [0.15, 0.2) is 0 Å². The lowest BCUT2D eigenvalue weighted by atomic mass is 10.2. The number of carboxylic acid groups (broad SMARTS) is 1. The number of morpholine rings is 1. The predicted molar refractivity (Wildman–Crippen MR) is 91.6 cm³/mol. The van der Waals surface area contributed by atoms with E-state index in [2.05, 4.69) is 5.32 Å². The molecule has 1 unspecified atom stereocenters. The molecule has 0 bridgehead atoms. The molecule has 1 aromatic carbocycles. The van der Waals surface area contributed by atoms with Crippen LogP contribution in [-0.4, -0.2) is 60.1 Å². The van der Waals surface area contributed by atoms with Gasteiger partial charge in [0.25, 0.3) is 5.91 Å². The molecule has 1 aliphatic rings. The Morgan fingerprint density at radius 2 is 2.00 bits per heavy atom. The molecule has 2 amide bonds. The Morgan fingerprint density at radius 3 is 2.68 bits per heavy atom. The van der Waals surface area contributed by atoms with Crippen molar-refractivity contribution in [2.75, 3.05) is 26.2 Å². The van der Waals surface area contributed by atoms with E-state index in [9.17, 15) is 14.4 Å². The molecule has 0 aromatic heterocycles. The van der Waals surface area contributed by atoms with Crippen LogP contribution in [-0.2, 0) is 14.3 Å². The van der Waals surface area contributed by atoms with Crippen LogP contribution in [0.25, 0.3) is 0 Å². The molecule has 7 nitrogen and oxygen atoms in total. The first-order chi connectivity index (χ1) is 12.0. The van der Waals surface area contributed by atoms with E-state index >= 15 is 0 Å². The van der Waals surface area contributed by atoms with E-state index in [0.717, 1.165) is 0 Å². The summed E-state index contributed by atoms with van der Waals surface area (Å²) in [7, 11) is 0. The maximum absolute atomic E-state index is 12.2. The number of halogens is 1. The Balaban J connectivity index is 1.68. The fraction of sp³-hybridized carbons (Fsp3) is 0.471. The van der Waals surface area contributed by atoms with Crippen molar-refractivity contribution >= 4 is 29.4 Å². The number of carbonyl (C=O) groups excluding carboxylic acids is 2. The lowest BCUT2D eigenvalue weighted by molar-refractivity contribution is -0.147. The number of aliphatic carboxylic acids is 1. The minimum absolute atomic E-state index is 0.0561. The van der Waals surface area contributed by atoms with Crippen molar-refractivity contribution in [2.24, 2.45) is 0 Å². The summed E-state index contributed by atoms with van der Waals surface area (Å²) in [6.45, 7) is 1.49. The molecule has 0 spiro atoms. The molecule has 1 aliphatic heterocycles. The highest BCUT2D eigenvalue weighted by Gasteiger charge is 2.25. The largest absolute Gasteiger partial charge is 0.481 e. The topological polar surface area (TPSA) is 95.9 Å². The summed E-state index contributed by atoms with van der Waals surface area (Å²) in [5, 5.41) is 12.1. The van der Waals surface area contributed by atoms with E-state index < -0.39 is 12.1 Å². The summed E-state index contributed by atoms with van der Waals surface area (Å²) >= 11 is 5.77. The van der Waals surface area contributed by atoms with Crippen LogP contribution in [0.5, 0.6) is 0 Å². The summed E-state index contributed by atoms with van der Waals surface area (Å²) < 4.78 is 5.34. The Morgan fingerprint density at radius 1 is 1.28 bits per heavy atom.